The van der Waals surface area contributed by atoms with Crippen molar-refractivity contribution in [3.63, 3.8) is 0 Å². The first-order chi connectivity index (χ1) is 9.19. The van der Waals surface area contributed by atoms with Crippen molar-refractivity contribution in [3.05, 3.63) is 46.6 Å². The van der Waals surface area contributed by atoms with E-state index in [9.17, 15) is 4.79 Å². The zero-order chi connectivity index (χ0) is 13.7. The van der Waals surface area contributed by atoms with Crippen molar-refractivity contribution >= 4 is 17.5 Å². The van der Waals surface area contributed by atoms with Gasteiger partial charge in [-0.15, -0.1) is 0 Å². The molecule has 1 heterocycles. The molecule has 0 spiro atoms. The number of benzene rings is 1. The SMILES string of the molecule is NCC(=O)NCc1nc(Cc2ccccc2Cl)no1. The molecular formula is C12H13ClN4O2. The van der Waals surface area contributed by atoms with Gasteiger partial charge in [-0.05, 0) is 11.6 Å². The summed E-state index contributed by atoms with van der Waals surface area (Å²) >= 11 is 6.05. The van der Waals surface area contributed by atoms with Gasteiger partial charge in [-0.2, -0.15) is 4.98 Å². The van der Waals surface area contributed by atoms with Gasteiger partial charge in [-0.25, -0.2) is 0 Å². The number of nitrogens with two attached hydrogens (primary N) is 1. The van der Waals surface area contributed by atoms with E-state index in [-0.39, 0.29) is 19.0 Å². The molecule has 0 bridgehead atoms. The second-order valence-electron chi connectivity index (χ2n) is 3.85. The van der Waals surface area contributed by atoms with E-state index in [2.05, 4.69) is 15.5 Å². The standard InChI is InChI=1S/C12H13ClN4O2/c13-9-4-2-1-3-8(9)5-10-16-12(19-17-10)7-15-11(18)6-14/h1-4H,5-7,14H2,(H,15,18). The smallest absolute Gasteiger partial charge is 0.246 e. The second-order valence-corrected chi connectivity index (χ2v) is 4.26. The van der Waals surface area contributed by atoms with Crippen LogP contribution in [0.5, 0.6) is 0 Å². The maximum Gasteiger partial charge on any atom is 0.246 e. The fourth-order valence-corrected chi connectivity index (χ4v) is 1.69. The fourth-order valence-electron chi connectivity index (χ4n) is 1.49. The number of hydrogen-bond acceptors (Lipinski definition) is 5. The number of nitrogens with zero attached hydrogens (tertiary/aromatic N) is 2. The first-order valence-electron chi connectivity index (χ1n) is 5.70. The number of carbonyl (C=O) groups is 1. The first-order valence-corrected chi connectivity index (χ1v) is 6.08. The van der Waals surface area contributed by atoms with E-state index < -0.39 is 0 Å². The van der Waals surface area contributed by atoms with E-state index in [4.69, 9.17) is 21.9 Å². The Hall–Kier alpha value is -1.92. The summed E-state index contributed by atoms with van der Waals surface area (Å²) in [7, 11) is 0. The van der Waals surface area contributed by atoms with Gasteiger partial charge < -0.3 is 15.6 Å². The van der Waals surface area contributed by atoms with Crippen molar-refractivity contribution in [3.8, 4) is 0 Å². The van der Waals surface area contributed by atoms with Gasteiger partial charge in [0, 0.05) is 11.4 Å². The molecule has 1 amide bonds. The molecule has 0 aliphatic heterocycles. The summed E-state index contributed by atoms with van der Waals surface area (Å²) in [4.78, 5) is 15.1. The minimum absolute atomic E-state index is 0.0688. The van der Waals surface area contributed by atoms with Gasteiger partial charge in [0.1, 0.15) is 0 Å². The number of aromatic nitrogens is 2. The van der Waals surface area contributed by atoms with Crippen LogP contribution in [0.15, 0.2) is 28.8 Å². The van der Waals surface area contributed by atoms with Crippen LogP contribution in [-0.2, 0) is 17.8 Å². The largest absolute Gasteiger partial charge is 0.346 e. The van der Waals surface area contributed by atoms with Gasteiger partial charge in [-0.3, -0.25) is 4.79 Å². The van der Waals surface area contributed by atoms with Crippen molar-refractivity contribution in [2.24, 2.45) is 5.73 Å². The minimum Gasteiger partial charge on any atom is -0.346 e. The minimum atomic E-state index is -0.272. The van der Waals surface area contributed by atoms with Crippen LogP contribution in [0.1, 0.15) is 17.3 Å². The van der Waals surface area contributed by atoms with E-state index in [1.165, 1.54) is 0 Å². The molecule has 6 nitrogen and oxygen atoms in total. The molecule has 0 radical (unpaired) electrons. The number of halogens is 1. The maximum atomic E-state index is 11.0. The predicted molar refractivity (Wildman–Crippen MR) is 69.5 cm³/mol. The quantitative estimate of drug-likeness (QED) is 0.848. The van der Waals surface area contributed by atoms with Crippen LogP contribution in [0.25, 0.3) is 0 Å². The molecular weight excluding hydrogens is 268 g/mol. The molecule has 1 aromatic carbocycles. The zero-order valence-corrected chi connectivity index (χ0v) is 10.9. The van der Waals surface area contributed by atoms with Crippen molar-refractivity contribution in [1.29, 1.82) is 0 Å². The molecule has 7 heteroatoms. The highest BCUT2D eigenvalue weighted by Gasteiger charge is 2.09. The van der Waals surface area contributed by atoms with Crippen LogP contribution < -0.4 is 11.1 Å². The van der Waals surface area contributed by atoms with Gasteiger partial charge in [-0.1, -0.05) is 35.0 Å². The van der Waals surface area contributed by atoms with E-state index in [1.54, 1.807) is 6.07 Å². The molecule has 0 saturated heterocycles. The Bertz CT molecular complexity index is 570. The lowest BCUT2D eigenvalue weighted by Gasteiger charge is -1.99. The third-order valence-corrected chi connectivity index (χ3v) is 2.81. The van der Waals surface area contributed by atoms with Gasteiger partial charge in [0.2, 0.25) is 11.8 Å². The Balaban J connectivity index is 1.98. The van der Waals surface area contributed by atoms with Crippen molar-refractivity contribution in [2.45, 2.75) is 13.0 Å². The fraction of sp³-hybridized carbons (Fsp3) is 0.250. The molecule has 19 heavy (non-hydrogen) atoms. The summed E-state index contributed by atoms with van der Waals surface area (Å²) in [5.74, 6) is 0.583. The maximum absolute atomic E-state index is 11.0. The number of nitrogens with one attached hydrogen (secondary N) is 1. The first kappa shape index (κ1) is 13.5. The van der Waals surface area contributed by atoms with Crippen LogP contribution in [0.4, 0.5) is 0 Å². The van der Waals surface area contributed by atoms with Gasteiger partial charge in [0.05, 0.1) is 13.1 Å². The molecule has 0 atom stereocenters. The molecule has 2 rings (SSSR count). The Morgan fingerprint density at radius 1 is 1.42 bits per heavy atom. The molecule has 0 aliphatic carbocycles. The van der Waals surface area contributed by atoms with Crippen molar-refractivity contribution in [1.82, 2.24) is 15.5 Å². The zero-order valence-electron chi connectivity index (χ0n) is 10.1. The third-order valence-electron chi connectivity index (χ3n) is 2.44. The summed E-state index contributed by atoms with van der Waals surface area (Å²) in [5.41, 5.74) is 6.09. The Morgan fingerprint density at radius 2 is 2.21 bits per heavy atom. The average Bonchev–Trinajstić information content (AvgIpc) is 2.86. The summed E-state index contributed by atoms with van der Waals surface area (Å²) in [5, 5.41) is 7.04. The number of carbonyl (C=O) groups excluding carboxylic acids is 1. The van der Waals surface area contributed by atoms with Crippen LogP contribution >= 0.6 is 11.6 Å². The summed E-state index contributed by atoms with van der Waals surface area (Å²) in [6, 6.07) is 7.45. The third kappa shape index (κ3) is 3.77. The Labute approximate surface area is 114 Å². The highest BCUT2D eigenvalue weighted by molar-refractivity contribution is 6.31. The second kappa shape index (κ2) is 6.31. The highest BCUT2D eigenvalue weighted by atomic mass is 35.5. The normalized spacial score (nSPS) is 10.4. The number of rotatable bonds is 5. The van der Waals surface area contributed by atoms with Crippen molar-refractivity contribution < 1.29 is 9.32 Å². The van der Waals surface area contributed by atoms with E-state index >= 15 is 0 Å². The lowest BCUT2D eigenvalue weighted by molar-refractivity contribution is -0.120. The van der Waals surface area contributed by atoms with Crippen LogP contribution in [0.2, 0.25) is 5.02 Å². The molecule has 0 fully saturated rings. The van der Waals surface area contributed by atoms with Crippen molar-refractivity contribution in [2.75, 3.05) is 6.54 Å². The van der Waals surface area contributed by atoms with E-state index in [0.717, 1.165) is 5.56 Å². The number of amides is 1. The molecule has 0 unspecified atom stereocenters. The number of hydrogen-bond donors (Lipinski definition) is 2. The van der Waals surface area contributed by atoms with Crippen LogP contribution in [-0.4, -0.2) is 22.6 Å². The Kier molecular flexibility index (Phi) is 4.48. The topological polar surface area (TPSA) is 94.0 Å². The Morgan fingerprint density at radius 3 is 2.95 bits per heavy atom. The van der Waals surface area contributed by atoms with Crippen LogP contribution in [0, 0.1) is 0 Å². The summed E-state index contributed by atoms with van der Waals surface area (Å²) in [6.45, 7) is 0.103. The molecule has 100 valence electrons. The lowest BCUT2D eigenvalue weighted by atomic mass is 10.1. The van der Waals surface area contributed by atoms with Gasteiger partial charge in [0.15, 0.2) is 5.82 Å². The molecule has 2 aromatic rings. The highest BCUT2D eigenvalue weighted by Crippen LogP contribution is 2.17. The predicted octanol–water partition coefficient (Wildman–Crippen LogP) is 0.889. The van der Waals surface area contributed by atoms with E-state index in [0.29, 0.717) is 23.2 Å². The molecule has 1 aromatic heterocycles. The van der Waals surface area contributed by atoms with Gasteiger partial charge >= 0.3 is 0 Å². The summed E-state index contributed by atoms with van der Waals surface area (Å²) < 4.78 is 5.01. The molecule has 0 saturated carbocycles. The monoisotopic (exact) mass is 280 g/mol. The lowest BCUT2D eigenvalue weighted by Crippen LogP contribution is -2.29. The average molecular weight is 281 g/mol. The van der Waals surface area contributed by atoms with E-state index in [1.807, 2.05) is 18.2 Å². The molecule has 0 aliphatic rings. The molecule has 3 N–H and O–H groups in total. The summed E-state index contributed by atoms with van der Waals surface area (Å²) in [6.07, 6.45) is 0.480. The van der Waals surface area contributed by atoms with Gasteiger partial charge in [0.25, 0.3) is 0 Å². The van der Waals surface area contributed by atoms with Crippen LogP contribution in [0.3, 0.4) is 0 Å².